The van der Waals surface area contributed by atoms with E-state index in [9.17, 15) is 4.79 Å². The molecule has 2 heterocycles. The highest BCUT2D eigenvalue weighted by atomic mass is 32.2. The smallest absolute Gasteiger partial charge is 0.396 e. The van der Waals surface area contributed by atoms with Gasteiger partial charge in [-0.25, -0.2) is 4.79 Å². The third-order valence-corrected chi connectivity index (χ3v) is 3.71. The Morgan fingerprint density at radius 2 is 2.44 bits per heavy atom. The summed E-state index contributed by atoms with van der Waals surface area (Å²) in [6.45, 7) is 2.06. The van der Waals surface area contributed by atoms with Crippen LogP contribution in [0.3, 0.4) is 0 Å². The van der Waals surface area contributed by atoms with Gasteiger partial charge in [-0.3, -0.25) is 0 Å². The van der Waals surface area contributed by atoms with Gasteiger partial charge in [-0.15, -0.1) is 22.0 Å². The van der Waals surface area contributed by atoms with Gasteiger partial charge in [0.05, 0.1) is 11.9 Å². The summed E-state index contributed by atoms with van der Waals surface area (Å²) in [4.78, 5) is 11.3. The molecule has 1 unspecified atom stereocenters. The molecule has 5 nitrogen and oxygen atoms in total. The average molecular weight is 242 g/mol. The van der Waals surface area contributed by atoms with E-state index in [0.717, 1.165) is 12.2 Å². The average Bonchev–Trinajstić information content (AvgIpc) is 2.80. The molecule has 2 rings (SSSR count). The number of rotatable bonds is 3. The van der Waals surface area contributed by atoms with Crippen LogP contribution >= 0.6 is 11.8 Å². The van der Waals surface area contributed by atoms with Crippen molar-refractivity contribution in [2.75, 3.05) is 12.4 Å². The zero-order valence-corrected chi connectivity index (χ0v) is 9.96. The third kappa shape index (κ3) is 2.55. The standard InChI is InChI=1S/C10H14N2O3S/c1-2-14-10(13)9-12-11-8(15-9)7-5-3-4-6-16-7/h7H,2-6H2,1H3. The fraction of sp³-hybridized carbons (Fsp3) is 0.700. The van der Waals surface area contributed by atoms with Crippen molar-refractivity contribution in [2.45, 2.75) is 31.4 Å². The highest BCUT2D eigenvalue weighted by Gasteiger charge is 2.24. The number of esters is 1. The Bertz CT molecular complexity index is 361. The van der Waals surface area contributed by atoms with Gasteiger partial charge in [-0.05, 0) is 25.5 Å². The van der Waals surface area contributed by atoms with E-state index >= 15 is 0 Å². The summed E-state index contributed by atoms with van der Waals surface area (Å²) in [7, 11) is 0. The Balaban J connectivity index is 2.03. The summed E-state index contributed by atoms with van der Waals surface area (Å²) in [5, 5.41) is 7.85. The van der Waals surface area contributed by atoms with Crippen LogP contribution in [0, 0.1) is 0 Å². The molecule has 1 aromatic rings. The van der Waals surface area contributed by atoms with Gasteiger partial charge in [-0.1, -0.05) is 6.42 Å². The molecular formula is C10H14N2O3S. The molecule has 1 saturated heterocycles. The van der Waals surface area contributed by atoms with E-state index in [1.807, 2.05) is 0 Å². The van der Waals surface area contributed by atoms with Gasteiger partial charge in [-0.2, -0.15) is 0 Å². The minimum Gasteiger partial charge on any atom is -0.459 e. The molecule has 1 aliphatic rings. The third-order valence-electron chi connectivity index (χ3n) is 2.35. The summed E-state index contributed by atoms with van der Waals surface area (Å²) >= 11 is 1.81. The molecule has 0 N–H and O–H groups in total. The number of nitrogens with zero attached hydrogens (tertiary/aromatic N) is 2. The van der Waals surface area contributed by atoms with Gasteiger partial charge >= 0.3 is 11.9 Å². The van der Waals surface area contributed by atoms with Crippen molar-refractivity contribution in [1.29, 1.82) is 0 Å². The molecule has 0 aliphatic carbocycles. The maximum Gasteiger partial charge on any atom is 0.396 e. The van der Waals surface area contributed by atoms with Gasteiger partial charge < -0.3 is 9.15 Å². The molecule has 0 aromatic carbocycles. The molecule has 1 aliphatic heterocycles. The van der Waals surface area contributed by atoms with Crippen LogP contribution in [0.1, 0.15) is 48.0 Å². The largest absolute Gasteiger partial charge is 0.459 e. The molecule has 0 saturated carbocycles. The van der Waals surface area contributed by atoms with Crippen LogP contribution in [0.5, 0.6) is 0 Å². The molecule has 1 atom stereocenters. The second-order valence-corrected chi connectivity index (χ2v) is 4.83. The first-order chi connectivity index (χ1) is 7.81. The van der Waals surface area contributed by atoms with Gasteiger partial charge in [0.2, 0.25) is 5.89 Å². The molecule has 0 amide bonds. The summed E-state index contributed by atoms with van der Waals surface area (Å²) in [5.41, 5.74) is 0. The van der Waals surface area contributed by atoms with Crippen LogP contribution < -0.4 is 0 Å². The van der Waals surface area contributed by atoms with Gasteiger partial charge in [0, 0.05) is 0 Å². The van der Waals surface area contributed by atoms with Crippen LogP contribution in [-0.2, 0) is 4.74 Å². The SMILES string of the molecule is CCOC(=O)c1nnc(C2CCCCS2)o1. The minimum absolute atomic E-state index is 0.0389. The Morgan fingerprint density at radius 3 is 3.12 bits per heavy atom. The van der Waals surface area contributed by atoms with E-state index in [-0.39, 0.29) is 11.1 Å². The Kier molecular flexibility index (Phi) is 3.82. The lowest BCUT2D eigenvalue weighted by Gasteiger charge is -2.17. The van der Waals surface area contributed by atoms with Gasteiger partial charge in [0.15, 0.2) is 0 Å². The predicted molar refractivity (Wildman–Crippen MR) is 59.3 cm³/mol. The molecular weight excluding hydrogens is 228 g/mol. The number of carbonyl (C=O) groups excluding carboxylic acids is 1. The summed E-state index contributed by atoms with van der Waals surface area (Å²) in [6.07, 6.45) is 3.45. The monoisotopic (exact) mass is 242 g/mol. The van der Waals surface area contributed by atoms with E-state index in [1.165, 1.54) is 12.8 Å². The fourth-order valence-electron chi connectivity index (χ4n) is 1.58. The van der Waals surface area contributed by atoms with Gasteiger partial charge in [0.1, 0.15) is 0 Å². The van der Waals surface area contributed by atoms with Crippen LogP contribution in [-0.4, -0.2) is 28.5 Å². The first kappa shape index (κ1) is 11.4. The minimum atomic E-state index is -0.540. The van der Waals surface area contributed by atoms with Crippen molar-refractivity contribution in [3.63, 3.8) is 0 Å². The summed E-state index contributed by atoms with van der Waals surface area (Å²) in [5.74, 6) is 1.08. The number of hydrogen-bond acceptors (Lipinski definition) is 6. The first-order valence-corrected chi connectivity index (χ1v) is 6.48. The van der Waals surface area contributed by atoms with Crippen molar-refractivity contribution in [3.05, 3.63) is 11.8 Å². The van der Waals surface area contributed by atoms with Crippen LogP contribution in [0.25, 0.3) is 0 Å². The maximum atomic E-state index is 11.3. The highest BCUT2D eigenvalue weighted by Crippen LogP contribution is 2.37. The number of aromatic nitrogens is 2. The Morgan fingerprint density at radius 1 is 1.56 bits per heavy atom. The van der Waals surface area contributed by atoms with E-state index < -0.39 is 5.97 Å². The fourth-order valence-corrected chi connectivity index (χ4v) is 2.80. The van der Waals surface area contributed by atoms with Gasteiger partial charge in [0.25, 0.3) is 0 Å². The molecule has 6 heteroatoms. The molecule has 88 valence electrons. The second-order valence-electron chi connectivity index (χ2n) is 3.52. The molecule has 0 bridgehead atoms. The zero-order valence-electron chi connectivity index (χ0n) is 9.14. The highest BCUT2D eigenvalue weighted by molar-refractivity contribution is 7.99. The number of carbonyl (C=O) groups is 1. The summed E-state index contributed by atoms with van der Waals surface area (Å²) in [6, 6.07) is 0. The first-order valence-electron chi connectivity index (χ1n) is 5.43. The van der Waals surface area contributed by atoms with E-state index in [1.54, 1.807) is 18.7 Å². The number of hydrogen-bond donors (Lipinski definition) is 0. The van der Waals surface area contributed by atoms with E-state index in [4.69, 9.17) is 9.15 Å². The van der Waals surface area contributed by atoms with Crippen LogP contribution in [0.15, 0.2) is 4.42 Å². The van der Waals surface area contributed by atoms with Crippen LogP contribution in [0.2, 0.25) is 0 Å². The van der Waals surface area contributed by atoms with Crippen LogP contribution in [0.4, 0.5) is 0 Å². The van der Waals surface area contributed by atoms with Crippen molar-refractivity contribution in [2.24, 2.45) is 0 Å². The Hall–Kier alpha value is -1.04. The second kappa shape index (κ2) is 5.34. The molecule has 1 fully saturated rings. The molecule has 0 radical (unpaired) electrons. The van der Waals surface area contributed by atoms with Crippen molar-refractivity contribution >= 4 is 17.7 Å². The summed E-state index contributed by atoms with van der Waals surface area (Å²) < 4.78 is 10.1. The normalized spacial score (nSPS) is 20.7. The molecule has 1 aromatic heterocycles. The zero-order chi connectivity index (χ0) is 11.4. The molecule has 16 heavy (non-hydrogen) atoms. The lowest BCUT2D eigenvalue weighted by molar-refractivity contribution is 0.0478. The predicted octanol–water partition coefficient (Wildman–Crippen LogP) is 2.20. The lowest BCUT2D eigenvalue weighted by Crippen LogP contribution is -2.04. The van der Waals surface area contributed by atoms with E-state index in [2.05, 4.69) is 10.2 Å². The number of thioether (sulfide) groups is 1. The maximum absolute atomic E-state index is 11.3. The van der Waals surface area contributed by atoms with Crippen molar-refractivity contribution < 1.29 is 13.9 Å². The lowest BCUT2D eigenvalue weighted by atomic mass is 10.2. The van der Waals surface area contributed by atoms with Crippen molar-refractivity contribution in [1.82, 2.24) is 10.2 Å². The topological polar surface area (TPSA) is 65.2 Å². The number of ether oxygens (including phenoxy) is 1. The Labute approximate surface area is 97.9 Å². The van der Waals surface area contributed by atoms with Crippen molar-refractivity contribution in [3.8, 4) is 0 Å². The van der Waals surface area contributed by atoms with E-state index in [0.29, 0.717) is 12.5 Å². The molecule has 0 spiro atoms. The quantitative estimate of drug-likeness (QED) is 0.757.